The van der Waals surface area contributed by atoms with Gasteiger partial charge in [-0.15, -0.1) is 0 Å². The van der Waals surface area contributed by atoms with Crippen LogP contribution in [0.5, 0.6) is 0 Å². The minimum absolute atomic E-state index is 0.0323. The van der Waals surface area contributed by atoms with E-state index >= 15 is 0 Å². The van der Waals surface area contributed by atoms with Crippen LogP contribution in [0.1, 0.15) is 80.1 Å². The van der Waals surface area contributed by atoms with Gasteiger partial charge in [0.05, 0.1) is 36.6 Å². The Hall–Kier alpha value is -2.20. The Balaban J connectivity index is 3.09. The van der Waals surface area contributed by atoms with Gasteiger partial charge in [-0.1, -0.05) is 48.0 Å². The van der Waals surface area contributed by atoms with Crippen LogP contribution in [0.25, 0.3) is 0 Å². The zero-order valence-electron chi connectivity index (χ0n) is 24.9. The third-order valence-electron chi connectivity index (χ3n) is 7.91. The number of hydrogen-bond donors (Lipinski definition) is 2. The Morgan fingerprint density at radius 1 is 1.03 bits per heavy atom. The molecule has 0 aliphatic carbocycles. The lowest BCUT2D eigenvalue weighted by Crippen LogP contribution is -2.54. The Bertz CT molecular complexity index is 790. The van der Waals surface area contributed by atoms with E-state index in [9.17, 15) is 24.3 Å². The summed E-state index contributed by atoms with van der Waals surface area (Å²) in [5, 5.41) is 11.9. The van der Waals surface area contributed by atoms with Crippen LogP contribution in [0.4, 0.5) is 0 Å². The molecule has 220 valence electrons. The van der Waals surface area contributed by atoms with E-state index < -0.39 is 36.0 Å². The van der Waals surface area contributed by atoms with Gasteiger partial charge < -0.3 is 29.7 Å². The normalized spacial score (nSPS) is 20.4. The van der Waals surface area contributed by atoms with E-state index in [2.05, 4.69) is 19.2 Å². The number of carbonyl (C=O) groups is 4. The van der Waals surface area contributed by atoms with E-state index in [-0.39, 0.29) is 48.6 Å². The molecule has 1 heterocycles. The lowest BCUT2D eigenvalue weighted by molar-refractivity contribution is -0.147. The molecule has 2 N–H and O–H groups in total. The first kappa shape index (κ1) is 33.8. The van der Waals surface area contributed by atoms with Gasteiger partial charge in [0.25, 0.3) is 0 Å². The SMILES string of the molecule is CC[C@@H](NC(=O)[C@H](C)[C@@H](OC)[C@@H]1CCCN1C(=O)C[C@@H](OC)C([C@@H](C)CC)N(C)C(=O)CC(C)C)C(=O)O. The van der Waals surface area contributed by atoms with Gasteiger partial charge >= 0.3 is 5.97 Å². The molecule has 0 aromatic heterocycles. The zero-order chi connectivity index (χ0) is 29.2. The van der Waals surface area contributed by atoms with Crippen molar-refractivity contribution in [1.29, 1.82) is 0 Å². The Kier molecular flexibility index (Phi) is 14.3. The molecule has 38 heavy (non-hydrogen) atoms. The molecular formula is C28H51N3O7. The van der Waals surface area contributed by atoms with E-state index in [4.69, 9.17) is 9.47 Å². The molecule has 7 atom stereocenters. The van der Waals surface area contributed by atoms with Crippen LogP contribution in [0, 0.1) is 17.8 Å². The van der Waals surface area contributed by atoms with Crippen LogP contribution in [0.3, 0.4) is 0 Å². The van der Waals surface area contributed by atoms with Crippen LogP contribution in [0.15, 0.2) is 0 Å². The molecule has 0 aromatic carbocycles. The first-order valence-corrected chi connectivity index (χ1v) is 14.0. The van der Waals surface area contributed by atoms with E-state index in [1.165, 1.54) is 7.11 Å². The van der Waals surface area contributed by atoms with Crippen molar-refractivity contribution in [2.24, 2.45) is 17.8 Å². The summed E-state index contributed by atoms with van der Waals surface area (Å²) in [6, 6.07) is -1.55. The number of carboxylic acids is 1. The van der Waals surface area contributed by atoms with Gasteiger partial charge in [0.2, 0.25) is 17.7 Å². The number of nitrogens with one attached hydrogen (secondary N) is 1. The van der Waals surface area contributed by atoms with Crippen LogP contribution in [-0.2, 0) is 28.7 Å². The highest BCUT2D eigenvalue weighted by Crippen LogP contribution is 2.29. The minimum Gasteiger partial charge on any atom is -0.480 e. The molecule has 1 rings (SSSR count). The van der Waals surface area contributed by atoms with Gasteiger partial charge in [-0.3, -0.25) is 14.4 Å². The molecule has 1 fully saturated rings. The van der Waals surface area contributed by atoms with Crippen LogP contribution >= 0.6 is 0 Å². The molecule has 1 unspecified atom stereocenters. The number of carbonyl (C=O) groups excluding carboxylic acids is 3. The summed E-state index contributed by atoms with van der Waals surface area (Å²) in [4.78, 5) is 54.3. The second-order valence-electron chi connectivity index (χ2n) is 11.1. The number of hydrogen-bond acceptors (Lipinski definition) is 6. The number of nitrogens with zero attached hydrogens (tertiary/aromatic N) is 2. The molecule has 1 saturated heterocycles. The maximum absolute atomic E-state index is 13.6. The molecule has 0 radical (unpaired) electrons. The number of amides is 3. The number of rotatable bonds is 16. The van der Waals surface area contributed by atoms with Crippen LogP contribution in [0.2, 0.25) is 0 Å². The number of carboxylic acid groups (broad SMARTS) is 1. The molecule has 0 aromatic rings. The lowest BCUT2D eigenvalue weighted by atomic mass is 9.90. The average Bonchev–Trinajstić information content (AvgIpc) is 3.35. The largest absolute Gasteiger partial charge is 0.480 e. The molecule has 0 saturated carbocycles. The molecule has 0 bridgehead atoms. The fourth-order valence-corrected chi connectivity index (χ4v) is 5.46. The van der Waals surface area contributed by atoms with Crippen molar-refractivity contribution in [2.45, 2.75) is 110 Å². The number of likely N-dealkylation sites (N-methyl/N-ethyl adjacent to an activating group) is 1. The fraction of sp³-hybridized carbons (Fsp3) is 0.857. The fourth-order valence-electron chi connectivity index (χ4n) is 5.46. The summed E-state index contributed by atoms with van der Waals surface area (Å²) < 4.78 is 11.6. The third kappa shape index (κ3) is 8.93. The zero-order valence-corrected chi connectivity index (χ0v) is 24.9. The molecule has 3 amide bonds. The van der Waals surface area contributed by atoms with Gasteiger partial charge in [-0.05, 0) is 31.1 Å². The van der Waals surface area contributed by atoms with Gasteiger partial charge in [0, 0.05) is 34.2 Å². The molecule has 0 spiro atoms. The van der Waals surface area contributed by atoms with Crippen molar-refractivity contribution in [1.82, 2.24) is 15.1 Å². The topological polar surface area (TPSA) is 125 Å². The Morgan fingerprint density at radius 3 is 2.13 bits per heavy atom. The standard InChI is InChI=1S/C28H51N3O7/c1-10-18(5)25(30(7)23(32)15-17(3)4)22(37-8)16-24(33)31-14-12-13-21(31)26(38-9)19(6)27(34)29-20(11-2)28(35)36/h17-22,25-26H,10-16H2,1-9H3,(H,29,34)(H,35,36)/t18-,19+,20+,21-,22+,25?,26+/m0/s1. The predicted octanol–water partition coefficient (Wildman–Crippen LogP) is 2.93. The summed E-state index contributed by atoms with van der Waals surface area (Å²) in [7, 11) is 4.88. The summed E-state index contributed by atoms with van der Waals surface area (Å²) in [5.41, 5.74) is 0. The maximum atomic E-state index is 13.6. The van der Waals surface area contributed by atoms with Crippen molar-refractivity contribution in [3.63, 3.8) is 0 Å². The maximum Gasteiger partial charge on any atom is 0.326 e. The van der Waals surface area contributed by atoms with Crippen LogP contribution in [-0.4, -0.2) is 96.7 Å². The summed E-state index contributed by atoms with van der Waals surface area (Å²) in [6.45, 7) is 12.1. The van der Waals surface area contributed by atoms with Gasteiger partial charge in [0.1, 0.15) is 6.04 Å². The number of methoxy groups -OCH3 is 2. The number of aliphatic carboxylic acids is 1. The highest BCUT2D eigenvalue weighted by atomic mass is 16.5. The molecule has 10 heteroatoms. The summed E-state index contributed by atoms with van der Waals surface area (Å²) >= 11 is 0. The van der Waals surface area contributed by atoms with Crippen molar-refractivity contribution in [2.75, 3.05) is 27.8 Å². The van der Waals surface area contributed by atoms with E-state index in [0.717, 1.165) is 12.8 Å². The second kappa shape index (κ2) is 16.0. The first-order valence-electron chi connectivity index (χ1n) is 14.0. The van der Waals surface area contributed by atoms with Crippen molar-refractivity contribution < 1.29 is 33.8 Å². The molecular weight excluding hydrogens is 490 g/mol. The highest BCUT2D eigenvalue weighted by Gasteiger charge is 2.42. The average molecular weight is 542 g/mol. The van der Waals surface area contributed by atoms with Gasteiger partial charge in [0.15, 0.2) is 0 Å². The second-order valence-corrected chi connectivity index (χ2v) is 11.1. The lowest BCUT2D eigenvalue weighted by Gasteiger charge is -2.39. The Morgan fingerprint density at radius 2 is 1.66 bits per heavy atom. The summed E-state index contributed by atoms with van der Waals surface area (Å²) in [6.07, 6.45) is 2.01. The predicted molar refractivity (Wildman–Crippen MR) is 145 cm³/mol. The van der Waals surface area contributed by atoms with Gasteiger partial charge in [-0.25, -0.2) is 4.79 Å². The van der Waals surface area contributed by atoms with Crippen LogP contribution < -0.4 is 5.32 Å². The monoisotopic (exact) mass is 541 g/mol. The van der Waals surface area contributed by atoms with E-state index in [0.29, 0.717) is 19.4 Å². The highest BCUT2D eigenvalue weighted by molar-refractivity contribution is 5.85. The molecule has 10 nitrogen and oxygen atoms in total. The smallest absolute Gasteiger partial charge is 0.326 e. The van der Waals surface area contributed by atoms with Crippen molar-refractivity contribution in [3.8, 4) is 0 Å². The van der Waals surface area contributed by atoms with E-state index in [1.54, 1.807) is 37.8 Å². The molecule has 1 aliphatic heterocycles. The minimum atomic E-state index is -1.09. The van der Waals surface area contributed by atoms with Crippen molar-refractivity contribution in [3.05, 3.63) is 0 Å². The number of ether oxygens (including phenoxy) is 2. The molecule has 1 aliphatic rings. The Labute approximate surface area is 228 Å². The van der Waals surface area contributed by atoms with Crippen molar-refractivity contribution >= 4 is 23.7 Å². The van der Waals surface area contributed by atoms with E-state index in [1.807, 2.05) is 13.8 Å². The first-order chi connectivity index (χ1) is 17.8. The number of likely N-dealkylation sites (tertiary alicyclic amines) is 1. The third-order valence-corrected chi connectivity index (χ3v) is 7.91. The quantitative estimate of drug-likeness (QED) is 0.308. The van der Waals surface area contributed by atoms with Gasteiger partial charge in [-0.2, -0.15) is 0 Å². The summed E-state index contributed by atoms with van der Waals surface area (Å²) in [5.74, 6) is -1.88.